The van der Waals surface area contributed by atoms with Crippen LogP contribution in [0.1, 0.15) is 24.8 Å². The monoisotopic (exact) mass is 340 g/mol. The quantitative estimate of drug-likeness (QED) is 0.826. The number of hydrogen-bond donors (Lipinski definition) is 0. The molecule has 3 rings (SSSR count). The number of hydrogen-bond acceptors (Lipinski definition) is 2. The predicted molar refractivity (Wildman–Crippen MR) is 80.4 cm³/mol. The molecule has 0 bridgehead atoms. The molecule has 1 aromatic rings. The van der Waals surface area contributed by atoms with Gasteiger partial charge < -0.3 is 9.80 Å². The first-order chi connectivity index (χ1) is 9.65. The maximum absolute atomic E-state index is 14.0. The molecule has 2 aliphatic rings. The summed E-state index contributed by atoms with van der Waals surface area (Å²) in [5, 5.41) is 0. The van der Waals surface area contributed by atoms with Gasteiger partial charge in [-0.2, -0.15) is 0 Å². The third kappa shape index (κ3) is 2.68. The van der Waals surface area contributed by atoms with Crippen molar-refractivity contribution < 1.29 is 9.18 Å². The van der Waals surface area contributed by atoms with Crippen LogP contribution in [0.25, 0.3) is 0 Å². The number of nitrogens with zero attached hydrogens (tertiary/aromatic N) is 2. The number of carbonyl (C=O) groups is 1. The van der Waals surface area contributed by atoms with Crippen molar-refractivity contribution in [1.82, 2.24) is 4.90 Å². The van der Waals surface area contributed by atoms with Gasteiger partial charge >= 0.3 is 0 Å². The number of rotatable bonds is 2. The third-order valence-corrected chi connectivity index (χ3v) is 4.57. The number of carbonyl (C=O) groups excluding carboxylic acids is 1. The molecule has 0 unspecified atom stereocenters. The van der Waals surface area contributed by atoms with E-state index in [9.17, 15) is 9.18 Å². The first kappa shape index (κ1) is 13.9. The molecule has 5 heteroatoms. The maximum Gasteiger partial charge on any atom is 0.242 e. The Labute approximate surface area is 126 Å². The van der Waals surface area contributed by atoms with E-state index in [0.717, 1.165) is 61.0 Å². The molecule has 1 saturated heterocycles. The van der Waals surface area contributed by atoms with Gasteiger partial charge in [0, 0.05) is 35.4 Å². The summed E-state index contributed by atoms with van der Waals surface area (Å²) in [6.45, 7) is 2.92. The van der Waals surface area contributed by atoms with Crippen LogP contribution in [0.3, 0.4) is 0 Å². The summed E-state index contributed by atoms with van der Waals surface area (Å²) in [6, 6.07) is 3.43. The maximum atomic E-state index is 14.0. The van der Waals surface area contributed by atoms with Crippen LogP contribution in [-0.4, -0.2) is 37.0 Å². The Morgan fingerprint density at radius 1 is 1.20 bits per heavy atom. The molecule has 2 heterocycles. The van der Waals surface area contributed by atoms with Crippen LogP contribution in [0, 0.1) is 5.82 Å². The molecule has 0 saturated carbocycles. The Balaban J connectivity index is 1.81. The fraction of sp³-hybridized carbons (Fsp3) is 0.533. The van der Waals surface area contributed by atoms with Crippen LogP contribution in [-0.2, 0) is 11.2 Å². The van der Waals surface area contributed by atoms with E-state index >= 15 is 0 Å². The van der Waals surface area contributed by atoms with Gasteiger partial charge in [0.2, 0.25) is 5.91 Å². The van der Waals surface area contributed by atoms with Crippen molar-refractivity contribution in [2.75, 3.05) is 31.1 Å². The van der Waals surface area contributed by atoms with E-state index in [2.05, 4.69) is 15.9 Å². The normalized spacial score (nSPS) is 18.3. The van der Waals surface area contributed by atoms with Crippen LogP contribution in [0.15, 0.2) is 16.6 Å². The van der Waals surface area contributed by atoms with Crippen LogP contribution in [0.2, 0.25) is 0 Å². The molecule has 20 heavy (non-hydrogen) atoms. The smallest absolute Gasteiger partial charge is 0.242 e. The van der Waals surface area contributed by atoms with Crippen LogP contribution < -0.4 is 4.90 Å². The summed E-state index contributed by atoms with van der Waals surface area (Å²) in [6.07, 6.45) is 3.85. The molecule has 0 atom stereocenters. The lowest BCUT2D eigenvalue weighted by atomic mass is 10.0. The minimum atomic E-state index is -0.173. The summed E-state index contributed by atoms with van der Waals surface area (Å²) < 4.78 is 14.7. The van der Waals surface area contributed by atoms with E-state index in [-0.39, 0.29) is 11.7 Å². The zero-order valence-electron chi connectivity index (χ0n) is 11.4. The van der Waals surface area contributed by atoms with Gasteiger partial charge in [-0.05, 0) is 37.8 Å². The molecule has 1 amide bonds. The number of fused-ring (bicyclic) bond motifs is 1. The predicted octanol–water partition coefficient (Wildman–Crippen LogP) is 2.96. The zero-order valence-corrected chi connectivity index (χ0v) is 13.0. The van der Waals surface area contributed by atoms with Crippen molar-refractivity contribution in [2.45, 2.75) is 25.7 Å². The second-order valence-corrected chi connectivity index (χ2v) is 6.41. The number of likely N-dealkylation sites (tertiary alicyclic amines) is 1. The summed E-state index contributed by atoms with van der Waals surface area (Å²) >= 11 is 3.34. The Kier molecular flexibility index (Phi) is 3.96. The van der Waals surface area contributed by atoms with Gasteiger partial charge in [0.15, 0.2) is 0 Å². The number of anilines is 1. The zero-order chi connectivity index (χ0) is 14.1. The first-order valence-electron chi connectivity index (χ1n) is 7.16. The minimum absolute atomic E-state index is 0.163. The highest BCUT2D eigenvalue weighted by Crippen LogP contribution is 2.32. The lowest BCUT2D eigenvalue weighted by Crippen LogP contribution is -2.41. The van der Waals surface area contributed by atoms with Gasteiger partial charge in [0.25, 0.3) is 0 Å². The van der Waals surface area contributed by atoms with Crippen molar-refractivity contribution in [2.24, 2.45) is 0 Å². The van der Waals surface area contributed by atoms with Gasteiger partial charge in [-0.25, -0.2) is 4.39 Å². The number of amides is 1. The van der Waals surface area contributed by atoms with E-state index in [1.807, 2.05) is 15.9 Å². The van der Waals surface area contributed by atoms with Gasteiger partial charge in [0.05, 0.1) is 6.54 Å². The molecule has 0 aliphatic carbocycles. The van der Waals surface area contributed by atoms with Gasteiger partial charge in [-0.15, -0.1) is 0 Å². The molecule has 3 nitrogen and oxygen atoms in total. The molecule has 0 aromatic heterocycles. The molecule has 0 N–H and O–H groups in total. The summed E-state index contributed by atoms with van der Waals surface area (Å²) in [7, 11) is 0. The lowest BCUT2D eigenvalue weighted by Gasteiger charge is -2.32. The van der Waals surface area contributed by atoms with Crippen LogP contribution >= 0.6 is 15.9 Å². The van der Waals surface area contributed by atoms with Crippen LogP contribution in [0.5, 0.6) is 0 Å². The highest BCUT2D eigenvalue weighted by atomic mass is 79.9. The summed E-state index contributed by atoms with van der Waals surface area (Å²) in [5.74, 6) is -0.0107. The average Bonchev–Trinajstić information content (AvgIpc) is 2.93. The largest absolute Gasteiger partial charge is 0.362 e. The van der Waals surface area contributed by atoms with Crippen molar-refractivity contribution in [3.63, 3.8) is 0 Å². The summed E-state index contributed by atoms with van der Waals surface area (Å²) in [5.41, 5.74) is 1.62. The average molecular weight is 341 g/mol. The SMILES string of the molecule is O=C(CN1CCCc2c(F)cc(Br)cc21)N1CCCC1. The van der Waals surface area contributed by atoms with Crippen LogP contribution in [0.4, 0.5) is 10.1 Å². The highest BCUT2D eigenvalue weighted by Gasteiger charge is 2.25. The van der Waals surface area contributed by atoms with E-state index < -0.39 is 0 Å². The Hall–Kier alpha value is -1.10. The molecule has 1 fully saturated rings. The van der Waals surface area contributed by atoms with E-state index in [1.54, 1.807) is 0 Å². The molecular weight excluding hydrogens is 323 g/mol. The third-order valence-electron chi connectivity index (χ3n) is 4.12. The molecule has 0 spiro atoms. The van der Waals surface area contributed by atoms with Crippen molar-refractivity contribution >= 4 is 27.5 Å². The molecule has 2 aliphatic heterocycles. The molecule has 0 radical (unpaired) electrons. The van der Waals surface area contributed by atoms with Crippen molar-refractivity contribution in [1.29, 1.82) is 0 Å². The van der Waals surface area contributed by atoms with Crippen molar-refractivity contribution in [3.05, 3.63) is 28.0 Å². The lowest BCUT2D eigenvalue weighted by molar-refractivity contribution is -0.128. The molecule has 108 valence electrons. The number of halogens is 2. The summed E-state index contributed by atoms with van der Waals surface area (Å²) in [4.78, 5) is 16.2. The van der Waals surface area contributed by atoms with Crippen molar-refractivity contribution in [3.8, 4) is 0 Å². The highest BCUT2D eigenvalue weighted by molar-refractivity contribution is 9.10. The second-order valence-electron chi connectivity index (χ2n) is 5.50. The van der Waals surface area contributed by atoms with Gasteiger partial charge in [0.1, 0.15) is 5.82 Å². The minimum Gasteiger partial charge on any atom is -0.362 e. The fourth-order valence-corrected chi connectivity index (χ4v) is 3.50. The van der Waals surface area contributed by atoms with Gasteiger partial charge in [-0.3, -0.25) is 4.79 Å². The Bertz CT molecular complexity index is 529. The Morgan fingerprint density at radius 3 is 2.70 bits per heavy atom. The molecular formula is C15H18BrFN2O. The van der Waals surface area contributed by atoms with E-state index in [0.29, 0.717) is 6.54 Å². The topological polar surface area (TPSA) is 23.6 Å². The van der Waals surface area contributed by atoms with E-state index in [4.69, 9.17) is 0 Å². The standard InChI is InChI=1S/C15H18BrFN2O/c16-11-8-13(17)12-4-3-7-19(14(12)9-11)10-15(20)18-5-1-2-6-18/h8-9H,1-7,10H2. The Morgan fingerprint density at radius 2 is 1.95 bits per heavy atom. The second kappa shape index (κ2) is 5.72. The van der Waals surface area contributed by atoms with Gasteiger partial charge in [-0.1, -0.05) is 15.9 Å². The van der Waals surface area contributed by atoms with E-state index in [1.165, 1.54) is 6.07 Å². The molecule has 1 aromatic carbocycles. The number of benzene rings is 1. The first-order valence-corrected chi connectivity index (χ1v) is 7.95. The fourth-order valence-electron chi connectivity index (χ4n) is 3.08.